The van der Waals surface area contributed by atoms with Crippen molar-refractivity contribution in [3.8, 4) is 22.8 Å². The fraction of sp³-hybridized carbons (Fsp3) is 0.182. The molecule has 2 aromatic carbocycles. The maximum atomic E-state index is 6.52. The Kier molecular flexibility index (Phi) is 4.17. The molecule has 5 nitrogen and oxygen atoms in total. The first-order chi connectivity index (χ1) is 13.7. The third kappa shape index (κ3) is 2.88. The van der Waals surface area contributed by atoms with Gasteiger partial charge in [-0.15, -0.1) is 0 Å². The molecule has 1 saturated carbocycles. The number of nitrogens with two attached hydrogens (primary N) is 1. The molecule has 0 aliphatic heterocycles. The van der Waals surface area contributed by atoms with E-state index < -0.39 is 0 Å². The Morgan fingerprint density at radius 2 is 1.93 bits per heavy atom. The molecule has 0 bridgehead atoms. The maximum Gasteiger partial charge on any atom is 0.150 e. The first-order valence-electron chi connectivity index (χ1n) is 9.36. The summed E-state index contributed by atoms with van der Waals surface area (Å²) in [6.07, 6.45) is 7.22. The predicted molar refractivity (Wildman–Crippen MR) is 111 cm³/mol. The molecule has 2 N–H and O–H groups in total. The quantitative estimate of drug-likeness (QED) is 0.486. The summed E-state index contributed by atoms with van der Waals surface area (Å²) in [5.74, 6) is 3.33. The van der Waals surface area contributed by atoms with Crippen molar-refractivity contribution in [2.45, 2.75) is 25.2 Å². The zero-order chi connectivity index (χ0) is 19.1. The molecule has 0 radical (unpaired) electrons. The summed E-state index contributed by atoms with van der Waals surface area (Å²) in [6, 6.07) is 15.3. The van der Waals surface area contributed by atoms with Gasteiger partial charge in [0.25, 0.3) is 0 Å². The number of ether oxygens (including phenoxy) is 1. The van der Waals surface area contributed by atoms with E-state index in [9.17, 15) is 0 Å². The normalized spacial score (nSPS) is 14.2. The van der Waals surface area contributed by atoms with Crippen LogP contribution >= 0.6 is 11.6 Å². The molecular weight excluding hydrogens is 372 g/mol. The molecular formula is C22H19ClN4O. The number of rotatable bonds is 4. The van der Waals surface area contributed by atoms with Crippen LogP contribution in [0.5, 0.6) is 11.5 Å². The van der Waals surface area contributed by atoms with Gasteiger partial charge in [-0.25, -0.2) is 9.97 Å². The summed E-state index contributed by atoms with van der Waals surface area (Å²) in [7, 11) is 0. The molecule has 2 heterocycles. The van der Waals surface area contributed by atoms with E-state index in [0.717, 1.165) is 41.2 Å². The van der Waals surface area contributed by atoms with Gasteiger partial charge in [-0.1, -0.05) is 36.2 Å². The van der Waals surface area contributed by atoms with Crippen molar-refractivity contribution < 1.29 is 4.74 Å². The van der Waals surface area contributed by atoms with Gasteiger partial charge >= 0.3 is 0 Å². The lowest BCUT2D eigenvalue weighted by atomic mass is 9.85. The Labute approximate surface area is 167 Å². The fourth-order valence-electron chi connectivity index (χ4n) is 3.59. The lowest BCUT2D eigenvalue weighted by molar-refractivity contribution is 0.400. The molecule has 4 aromatic rings. The standard InChI is InChI=1S/C22H19ClN4O/c23-17-13-15(9-10-18(17)28-16-7-2-1-3-8-16)19-20-21(24)25-11-12-27(20)22(26-19)14-5-4-6-14/h1-3,7-14H,4-6H2,(H2,24,25). The molecule has 0 spiro atoms. The molecule has 1 aliphatic rings. The number of imidazole rings is 1. The van der Waals surface area contributed by atoms with Gasteiger partial charge < -0.3 is 10.5 Å². The Balaban J connectivity index is 1.58. The topological polar surface area (TPSA) is 65.4 Å². The molecule has 1 fully saturated rings. The van der Waals surface area contributed by atoms with Crippen molar-refractivity contribution in [1.82, 2.24) is 14.4 Å². The SMILES string of the molecule is Nc1nccn2c(C3CCC3)nc(-c3ccc(Oc4ccccc4)c(Cl)c3)c12. The summed E-state index contributed by atoms with van der Waals surface area (Å²) in [4.78, 5) is 9.21. The average molecular weight is 391 g/mol. The van der Waals surface area contributed by atoms with E-state index in [1.54, 1.807) is 6.20 Å². The number of hydrogen-bond donors (Lipinski definition) is 1. The largest absolute Gasteiger partial charge is 0.456 e. The Bertz CT molecular complexity index is 1150. The van der Waals surface area contributed by atoms with Gasteiger partial charge in [0.2, 0.25) is 0 Å². The van der Waals surface area contributed by atoms with E-state index in [-0.39, 0.29) is 0 Å². The number of halogens is 1. The zero-order valence-corrected chi connectivity index (χ0v) is 15.9. The lowest BCUT2D eigenvalue weighted by Crippen LogP contribution is -2.12. The third-order valence-electron chi connectivity index (χ3n) is 5.26. The zero-order valence-electron chi connectivity index (χ0n) is 15.2. The molecule has 0 amide bonds. The van der Waals surface area contributed by atoms with Crippen molar-refractivity contribution in [3.63, 3.8) is 0 Å². The second kappa shape index (κ2) is 6.84. The van der Waals surface area contributed by atoms with Gasteiger partial charge in [0.15, 0.2) is 0 Å². The number of nitrogens with zero attached hydrogens (tertiary/aromatic N) is 3. The highest BCUT2D eigenvalue weighted by Gasteiger charge is 2.27. The molecule has 0 atom stereocenters. The molecule has 2 aromatic heterocycles. The number of anilines is 1. The Morgan fingerprint density at radius 3 is 2.64 bits per heavy atom. The van der Waals surface area contributed by atoms with Crippen molar-refractivity contribution >= 4 is 22.9 Å². The predicted octanol–water partition coefficient (Wildman–Crippen LogP) is 5.69. The highest BCUT2D eigenvalue weighted by Crippen LogP contribution is 2.40. The van der Waals surface area contributed by atoms with Crippen LogP contribution < -0.4 is 10.5 Å². The van der Waals surface area contributed by atoms with Crippen molar-refractivity contribution in [2.75, 3.05) is 5.73 Å². The van der Waals surface area contributed by atoms with Gasteiger partial charge in [-0.2, -0.15) is 0 Å². The van der Waals surface area contributed by atoms with E-state index in [2.05, 4.69) is 9.38 Å². The first kappa shape index (κ1) is 17.1. The molecule has 0 unspecified atom stereocenters. The van der Waals surface area contributed by atoms with Gasteiger partial charge in [0, 0.05) is 23.9 Å². The molecule has 1 aliphatic carbocycles. The van der Waals surface area contributed by atoms with E-state index in [4.69, 9.17) is 27.1 Å². The monoisotopic (exact) mass is 390 g/mol. The highest BCUT2D eigenvalue weighted by molar-refractivity contribution is 6.32. The van der Waals surface area contributed by atoms with Gasteiger partial charge in [0.05, 0.1) is 5.02 Å². The number of benzene rings is 2. The van der Waals surface area contributed by atoms with E-state index in [0.29, 0.717) is 22.5 Å². The van der Waals surface area contributed by atoms with E-state index in [1.165, 1.54) is 6.42 Å². The Hall–Kier alpha value is -3.05. The number of nitrogen functional groups attached to an aromatic ring is 1. The molecule has 28 heavy (non-hydrogen) atoms. The smallest absolute Gasteiger partial charge is 0.150 e. The summed E-state index contributed by atoms with van der Waals surface area (Å²) in [6.45, 7) is 0. The van der Waals surface area contributed by atoms with Crippen molar-refractivity contribution in [2.24, 2.45) is 0 Å². The van der Waals surface area contributed by atoms with Gasteiger partial charge in [0.1, 0.15) is 34.4 Å². The summed E-state index contributed by atoms with van der Waals surface area (Å²) in [5.41, 5.74) is 8.74. The van der Waals surface area contributed by atoms with Crippen molar-refractivity contribution in [3.05, 3.63) is 71.8 Å². The Morgan fingerprint density at radius 1 is 1.11 bits per heavy atom. The van der Waals surface area contributed by atoms with E-state index >= 15 is 0 Å². The second-order valence-corrected chi connectivity index (χ2v) is 7.45. The van der Waals surface area contributed by atoms with Gasteiger partial charge in [-0.05, 0) is 43.2 Å². The summed E-state index contributed by atoms with van der Waals surface area (Å²) < 4.78 is 7.96. The van der Waals surface area contributed by atoms with Crippen LogP contribution in [-0.4, -0.2) is 14.4 Å². The highest BCUT2D eigenvalue weighted by atomic mass is 35.5. The van der Waals surface area contributed by atoms with E-state index in [1.807, 2.05) is 54.7 Å². The van der Waals surface area contributed by atoms with Crippen LogP contribution in [0, 0.1) is 0 Å². The lowest BCUT2D eigenvalue weighted by Gasteiger charge is -2.23. The van der Waals surface area contributed by atoms with Crippen LogP contribution in [0.25, 0.3) is 16.8 Å². The molecule has 5 rings (SSSR count). The summed E-state index contributed by atoms with van der Waals surface area (Å²) >= 11 is 6.52. The van der Waals surface area contributed by atoms with Gasteiger partial charge in [-0.3, -0.25) is 4.40 Å². The third-order valence-corrected chi connectivity index (χ3v) is 5.55. The number of para-hydroxylation sites is 1. The fourth-order valence-corrected chi connectivity index (χ4v) is 3.81. The number of fused-ring (bicyclic) bond motifs is 1. The average Bonchev–Trinajstić information content (AvgIpc) is 3.04. The number of hydrogen-bond acceptors (Lipinski definition) is 4. The van der Waals surface area contributed by atoms with Crippen LogP contribution in [0.1, 0.15) is 31.0 Å². The van der Waals surface area contributed by atoms with Crippen molar-refractivity contribution in [1.29, 1.82) is 0 Å². The molecule has 140 valence electrons. The second-order valence-electron chi connectivity index (χ2n) is 7.04. The minimum atomic E-state index is 0.469. The molecule has 0 saturated heterocycles. The number of aromatic nitrogens is 3. The van der Waals surface area contributed by atoms with Crippen LogP contribution in [0.2, 0.25) is 5.02 Å². The minimum absolute atomic E-state index is 0.469. The van der Waals surface area contributed by atoms with Crippen LogP contribution in [0.15, 0.2) is 60.9 Å². The van der Waals surface area contributed by atoms with Crippen LogP contribution in [-0.2, 0) is 0 Å². The summed E-state index contributed by atoms with van der Waals surface area (Å²) in [5, 5.41) is 0.523. The maximum absolute atomic E-state index is 6.52. The first-order valence-corrected chi connectivity index (χ1v) is 9.74. The van der Waals surface area contributed by atoms with Crippen LogP contribution in [0.4, 0.5) is 5.82 Å². The van der Waals surface area contributed by atoms with Crippen LogP contribution in [0.3, 0.4) is 0 Å². The molecule has 6 heteroatoms. The minimum Gasteiger partial charge on any atom is -0.456 e.